The molecule has 0 aliphatic carbocycles. The van der Waals surface area contributed by atoms with Crippen LogP contribution in [0.2, 0.25) is 0 Å². The molecule has 6 rings (SSSR count). The van der Waals surface area contributed by atoms with Crippen LogP contribution in [0.4, 0.5) is 5.69 Å². The molecule has 236 valence electrons. The van der Waals surface area contributed by atoms with Gasteiger partial charge < -0.3 is 25.6 Å². The molecule has 1 aliphatic heterocycles. The van der Waals surface area contributed by atoms with Crippen LogP contribution in [0.15, 0.2) is 57.5 Å². The average Bonchev–Trinajstić information content (AvgIpc) is 3.51. The summed E-state index contributed by atoms with van der Waals surface area (Å²) < 4.78 is 4.26. The molecule has 2 aromatic carbocycles. The summed E-state index contributed by atoms with van der Waals surface area (Å²) in [6.07, 6.45) is 1.49. The number of piperazine rings is 1. The first-order chi connectivity index (χ1) is 21.7. The van der Waals surface area contributed by atoms with Crippen molar-refractivity contribution in [3.8, 4) is 0 Å². The fourth-order valence-electron chi connectivity index (χ4n) is 6.18. The van der Waals surface area contributed by atoms with Gasteiger partial charge in [0.05, 0.1) is 18.3 Å². The van der Waals surface area contributed by atoms with Gasteiger partial charge in [-0.25, -0.2) is 4.98 Å². The van der Waals surface area contributed by atoms with Gasteiger partial charge in [0.25, 0.3) is 5.91 Å². The number of aryl methyl sites for hydroxylation is 1. The molecule has 2 amide bonds. The highest BCUT2D eigenvalue weighted by molar-refractivity contribution is 9.10. The Balaban J connectivity index is 0.964. The van der Waals surface area contributed by atoms with Crippen LogP contribution in [0.5, 0.6) is 0 Å². The number of benzene rings is 2. The Morgan fingerprint density at radius 2 is 1.62 bits per heavy atom. The van der Waals surface area contributed by atoms with Crippen molar-refractivity contribution in [3.05, 3.63) is 68.0 Å². The average molecular weight is 757 g/mol. The number of carbonyl (C=O) groups excluding carboxylic acids is 2. The number of aliphatic hydroxyl groups excluding tert-OH is 1. The molecule has 1 saturated heterocycles. The molecule has 0 spiro atoms. The number of halogens is 2. The van der Waals surface area contributed by atoms with E-state index in [1.165, 1.54) is 11.3 Å². The minimum Gasteiger partial charge on any atom is -0.390 e. The van der Waals surface area contributed by atoms with E-state index in [2.05, 4.69) is 75.9 Å². The molecule has 9 nitrogen and oxygen atoms in total. The van der Waals surface area contributed by atoms with Gasteiger partial charge in [0.2, 0.25) is 5.91 Å². The molecule has 0 radical (unpaired) electrons. The van der Waals surface area contributed by atoms with Crippen LogP contribution in [-0.4, -0.2) is 81.6 Å². The Labute approximate surface area is 282 Å². The van der Waals surface area contributed by atoms with Gasteiger partial charge >= 0.3 is 0 Å². The van der Waals surface area contributed by atoms with Crippen molar-refractivity contribution in [3.63, 3.8) is 0 Å². The largest absolute Gasteiger partial charge is 0.390 e. The molecule has 5 aromatic rings. The van der Waals surface area contributed by atoms with E-state index in [4.69, 9.17) is 5.73 Å². The minimum absolute atomic E-state index is 0.163. The summed E-state index contributed by atoms with van der Waals surface area (Å²) in [4.78, 5) is 34.9. The zero-order valence-corrected chi connectivity index (χ0v) is 29.0. The lowest BCUT2D eigenvalue weighted by Crippen LogP contribution is -2.50. The maximum Gasteiger partial charge on any atom is 0.261 e. The fraction of sp³-hybridized carbons (Fsp3) is 0.364. The van der Waals surface area contributed by atoms with Crippen LogP contribution < -0.4 is 11.1 Å². The number of aromatic nitrogens is 2. The predicted octanol–water partition coefficient (Wildman–Crippen LogP) is 6.12. The van der Waals surface area contributed by atoms with Crippen molar-refractivity contribution in [2.45, 2.75) is 38.8 Å². The highest BCUT2D eigenvalue weighted by Gasteiger charge is 2.23. The highest BCUT2D eigenvalue weighted by atomic mass is 79.9. The van der Waals surface area contributed by atoms with Gasteiger partial charge in [0.15, 0.2) is 0 Å². The molecule has 1 fully saturated rings. The molecule has 0 bridgehead atoms. The summed E-state index contributed by atoms with van der Waals surface area (Å²) in [5.41, 5.74) is 9.44. The molecule has 1 aliphatic rings. The van der Waals surface area contributed by atoms with E-state index >= 15 is 0 Å². The third kappa shape index (κ3) is 7.05. The molecule has 1 unspecified atom stereocenters. The Bertz CT molecular complexity index is 1820. The van der Waals surface area contributed by atoms with Crippen LogP contribution in [0.3, 0.4) is 0 Å². The maximum atomic E-state index is 12.9. The molecule has 4 N–H and O–H groups in total. The topological polar surface area (TPSA) is 117 Å². The highest BCUT2D eigenvalue weighted by Crippen LogP contribution is 2.35. The molecule has 0 saturated carbocycles. The van der Waals surface area contributed by atoms with Gasteiger partial charge in [-0.15, -0.1) is 11.3 Å². The second-order valence-corrected chi connectivity index (χ2v) is 14.5. The number of fused-ring (bicyclic) bond motifs is 4. The number of thiophene rings is 1. The molecule has 1 atom stereocenters. The molecule has 3 aromatic heterocycles. The summed E-state index contributed by atoms with van der Waals surface area (Å²) in [5.74, 6) is -0.301. The van der Waals surface area contributed by atoms with Gasteiger partial charge in [-0.2, -0.15) is 0 Å². The number of primary amides is 1. The van der Waals surface area contributed by atoms with E-state index in [0.717, 1.165) is 78.3 Å². The monoisotopic (exact) mass is 754 g/mol. The van der Waals surface area contributed by atoms with Crippen molar-refractivity contribution < 1.29 is 14.7 Å². The SMILES string of the molecule is Cc1ccc2c(NCCCCC(=O)N3CCN(CC(O)Cn4c5ccc(Br)cc5c5cc(Br)ccc54)CC3)c(C(N)=O)sc2n1. The van der Waals surface area contributed by atoms with Crippen LogP contribution in [0.25, 0.3) is 32.0 Å². The third-order valence-electron chi connectivity index (χ3n) is 8.41. The quantitative estimate of drug-likeness (QED) is 0.140. The van der Waals surface area contributed by atoms with Crippen molar-refractivity contribution >= 4 is 92.7 Å². The van der Waals surface area contributed by atoms with Gasteiger partial charge in [0, 0.05) is 87.5 Å². The smallest absolute Gasteiger partial charge is 0.261 e. The molecule has 4 heterocycles. The fourth-order valence-corrected chi connectivity index (χ4v) is 7.95. The normalized spacial score (nSPS) is 14.9. The number of rotatable bonds is 11. The van der Waals surface area contributed by atoms with Gasteiger partial charge in [-0.1, -0.05) is 31.9 Å². The number of hydrogen-bond donors (Lipinski definition) is 3. The summed E-state index contributed by atoms with van der Waals surface area (Å²) >= 11 is 8.50. The van der Waals surface area contributed by atoms with E-state index < -0.39 is 12.0 Å². The van der Waals surface area contributed by atoms with Crippen LogP contribution in [-0.2, 0) is 11.3 Å². The zero-order chi connectivity index (χ0) is 31.7. The Hall–Kier alpha value is -3.03. The zero-order valence-electron chi connectivity index (χ0n) is 25.1. The lowest BCUT2D eigenvalue weighted by atomic mass is 10.2. The van der Waals surface area contributed by atoms with Crippen molar-refractivity contribution in [2.24, 2.45) is 5.73 Å². The first kappa shape index (κ1) is 31.9. The number of anilines is 1. The van der Waals surface area contributed by atoms with Crippen LogP contribution in [0, 0.1) is 6.92 Å². The summed E-state index contributed by atoms with van der Waals surface area (Å²) in [6.45, 7) is 6.42. The number of nitrogens with zero attached hydrogens (tertiary/aromatic N) is 4. The first-order valence-electron chi connectivity index (χ1n) is 15.2. The summed E-state index contributed by atoms with van der Waals surface area (Å²) in [6, 6.07) is 16.4. The standard InChI is InChI=1S/C33H36Br2N6O3S/c1-20-5-8-24-30(31(32(36)44)45-33(24)38-20)37-11-3-2-4-29(43)40-14-12-39(13-15-40)18-23(42)19-41-27-9-6-21(34)16-25(27)26-17-22(35)7-10-28(26)41/h5-10,16-17,23,37,42H,2-4,11-15,18-19H2,1H3,(H2,36,44). The van der Waals surface area contributed by atoms with Crippen molar-refractivity contribution in [2.75, 3.05) is 44.6 Å². The number of β-amino-alcohol motifs (C(OH)–C–C–N with tert-alkyl or cyclic N) is 1. The van der Waals surface area contributed by atoms with Crippen LogP contribution in [0.1, 0.15) is 34.6 Å². The maximum absolute atomic E-state index is 12.9. The number of carbonyl (C=O) groups is 2. The van der Waals surface area contributed by atoms with Gasteiger partial charge in [-0.3, -0.25) is 14.5 Å². The molecule has 45 heavy (non-hydrogen) atoms. The molecular formula is C33H36Br2N6O3S. The number of pyridine rings is 1. The summed E-state index contributed by atoms with van der Waals surface area (Å²) in [7, 11) is 0. The molecule has 12 heteroatoms. The van der Waals surface area contributed by atoms with Crippen molar-refractivity contribution in [1.82, 2.24) is 19.4 Å². The second-order valence-electron chi connectivity index (χ2n) is 11.6. The van der Waals surface area contributed by atoms with Gasteiger partial charge in [0.1, 0.15) is 9.71 Å². The van der Waals surface area contributed by atoms with E-state index in [9.17, 15) is 14.7 Å². The number of amides is 2. The van der Waals surface area contributed by atoms with E-state index in [1.54, 1.807) is 0 Å². The van der Waals surface area contributed by atoms with Crippen LogP contribution >= 0.6 is 43.2 Å². The van der Waals surface area contributed by atoms with E-state index in [0.29, 0.717) is 44.0 Å². The van der Waals surface area contributed by atoms with Crippen molar-refractivity contribution in [1.29, 1.82) is 0 Å². The minimum atomic E-state index is -0.541. The lowest BCUT2D eigenvalue weighted by Gasteiger charge is -2.35. The molecular weight excluding hydrogens is 720 g/mol. The lowest BCUT2D eigenvalue weighted by molar-refractivity contribution is -0.133. The Morgan fingerprint density at radius 3 is 2.27 bits per heavy atom. The third-order valence-corrected chi connectivity index (χ3v) is 10.5. The summed E-state index contributed by atoms with van der Waals surface area (Å²) in [5, 5.41) is 17.7. The Kier molecular flexibility index (Phi) is 9.76. The second kappa shape index (κ2) is 13.8. The number of nitrogens with two attached hydrogens (primary N) is 1. The number of nitrogens with one attached hydrogen (secondary N) is 1. The number of aliphatic hydroxyl groups is 1. The number of hydrogen-bond acceptors (Lipinski definition) is 7. The predicted molar refractivity (Wildman–Crippen MR) is 189 cm³/mol. The van der Waals surface area contributed by atoms with E-state index in [1.807, 2.05) is 36.1 Å². The number of unbranched alkanes of at least 4 members (excludes halogenated alkanes) is 1. The first-order valence-corrected chi connectivity index (χ1v) is 17.6. The Morgan fingerprint density at radius 1 is 0.956 bits per heavy atom. The van der Waals surface area contributed by atoms with E-state index in [-0.39, 0.29) is 5.91 Å². The van der Waals surface area contributed by atoms with Gasteiger partial charge in [-0.05, 0) is 68.3 Å².